The molecule has 1 atom stereocenters. The van der Waals surface area contributed by atoms with Gasteiger partial charge in [-0.2, -0.15) is 5.10 Å². The molecule has 4 aliphatic rings. The molecule has 0 spiro atoms. The molecule has 0 aliphatic carbocycles. The number of aromatic nitrogens is 2. The van der Waals surface area contributed by atoms with Gasteiger partial charge in [-0.05, 0) is 50.0 Å². The van der Waals surface area contributed by atoms with E-state index in [1.807, 2.05) is 18.2 Å². The van der Waals surface area contributed by atoms with Gasteiger partial charge in [-0.3, -0.25) is 19.6 Å². The molecule has 4 saturated heterocycles. The quantitative estimate of drug-likeness (QED) is 0.559. The van der Waals surface area contributed by atoms with Gasteiger partial charge in [0.2, 0.25) is 0 Å². The van der Waals surface area contributed by atoms with Crippen LogP contribution in [0, 0.1) is 5.92 Å². The summed E-state index contributed by atoms with van der Waals surface area (Å²) in [6.07, 6.45) is 2.31. The number of fused-ring (bicyclic) bond motifs is 4. The first kappa shape index (κ1) is 19.2. The Labute approximate surface area is 167 Å². The molecule has 1 aromatic carbocycles. The van der Waals surface area contributed by atoms with Crippen LogP contribution in [0.1, 0.15) is 23.3 Å². The van der Waals surface area contributed by atoms with Crippen molar-refractivity contribution in [2.75, 3.05) is 37.6 Å². The Hall–Kier alpha value is -3.14. The van der Waals surface area contributed by atoms with Crippen LogP contribution in [0.15, 0.2) is 18.2 Å². The number of benzene rings is 1. The van der Waals surface area contributed by atoms with Crippen molar-refractivity contribution in [3.8, 4) is 0 Å². The van der Waals surface area contributed by atoms with E-state index in [0.29, 0.717) is 24.7 Å². The molecule has 5 heterocycles. The third-order valence-electron chi connectivity index (χ3n) is 5.90. The highest BCUT2D eigenvalue weighted by Gasteiger charge is 2.35. The van der Waals surface area contributed by atoms with Crippen LogP contribution in [0.25, 0.3) is 10.9 Å². The van der Waals surface area contributed by atoms with Gasteiger partial charge in [0.05, 0.1) is 5.52 Å². The van der Waals surface area contributed by atoms with Gasteiger partial charge in [-0.25, -0.2) is 4.79 Å². The number of hydrogen-bond donors (Lipinski definition) is 4. The number of carbonyl (C=O) groups is 3. The summed E-state index contributed by atoms with van der Waals surface area (Å²) in [5, 5.41) is 20.8. The first-order chi connectivity index (χ1) is 14.1. The normalized spacial score (nSPS) is 25.3. The molecule has 154 valence electrons. The number of nitrogens with zero attached hydrogens (tertiary/aromatic N) is 3. The van der Waals surface area contributed by atoms with E-state index in [1.165, 1.54) is 0 Å². The molecule has 6 rings (SSSR count). The number of H-pyrrole nitrogens is 1. The Morgan fingerprint density at radius 2 is 2.03 bits per heavy atom. The van der Waals surface area contributed by atoms with E-state index in [4.69, 9.17) is 9.90 Å². The summed E-state index contributed by atoms with van der Waals surface area (Å²) in [5.41, 5.74) is 1.98. The van der Waals surface area contributed by atoms with Gasteiger partial charge >= 0.3 is 6.03 Å². The average molecular weight is 400 g/mol. The zero-order valence-corrected chi connectivity index (χ0v) is 15.9. The van der Waals surface area contributed by atoms with Crippen molar-refractivity contribution in [2.45, 2.75) is 18.9 Å². The summed E-state index contributed by atoms with van der Waals surface area (Å²) in [6.45, 7) is 4.23. The number of rotatable bonds is 3. The summed E-state index contributed by atoms with van der Waals surface area (Å²) in [6, 6.07) is 5.71. The number of aromatic amines is 1. The van der Waals surface area contributed by atoms with Crippen LogP contribution in [0.4, 0.5) is 10.5 Å². The van der Waals surface area contributed by atoms with Crippen LogP contribution in [-0.4, -0.2) is 77.4 Å². The maximum atomic E-state index is 12.9. The molecule has 10 nitrogen and oxygen atoms in total. The first-order valence-corrected chi connectivity index (χ1v) is 9.75. The summed E-state index contributed by atoms with van der Waals surface area (Å²) in [7, 11) is 0. The second-order valence-electron chi connectivity index (χ2n) is 7.51. The third kappa shape index (κ3) is 3.75. The number of carboxylic acid groups (broad SMARTS) is 1. The molecule has 2 bridgehead atoms. The largest absolute Gasteiger partial charge is 0.483 e. The summed E-state index contributed by atoms with van der Waals surface area (Å²) < 4.78 is 0. The molecule has 29 heavy (non-hydrogen) atoms. The van der Waals surface area contributed by atoms with Crippen molar-refractivity contribution in [1.82, 2.24) is 25.7 Å². The first-order valence-electron chi connectivity index (χ1n) is 9.75. The van der Waals surface area contributed by atoms with Crippen molar-refractivity contribution < 1.29 is 19.5 Å². The monoisotopic (exact) mass is 400 g/mol. The molecule has 3 amide bonds. The fourth-order valence-corrected chi connectivity index (χ4v) is 4.43. The van der Waals surface area contributed by atoms with E-state index >= 15 is 0 Å². The standard InChI is InChI=1S/C18H22N6O2.CH2O2/c25-17(20-15-10-23-6-3-11(15)4-7-23)16-13-9-12(1-2-14(13)21-22-16)24-8-5-19-18(24)26;2-1-3/h1-2,9,11,15H,3-8,10H2,(H,19,26)(H,20,25)(H,21,22);1H,(H,2,3)/t15-;/m1./s1. The van der Waals surface area contributed by atoms with E-state index in [-0.39, 0.29) is 24.5 Å². The number of piperidine rings is 3. The minimum absolute atomic E-state index is 0.105. The Balaban J connectivity index is 0.000000645. The molecule has 4 fully saturated rings. The third-order valence-corrected chi connectivity index (χ3v) is 5.90. The molecular weight excluding hydrogens is 376 g/mol. The van der Waals surface area contributed by atoms with Crippen LogP contribution in [0.5, 0.6) is 0 Å². The Kier molecular flexibility index (Phi) is 5.34. The van der Waals surface area contributed by atoms with Crippen molar-refractivity contribution >= 4 is 35.0 Å². The van der Waals surface area contributed by atoms with Crippen LogP contribution in [0.3, 0.4) is 0 Å². The second-order valence-corrected chi connectivity index (χ2v) is 7.51. The van der Waals surface area contributed by atoms with Gasteiger partial charge in [0.15, 0.2) is 5.69 Å². The molecule has 0 saturated carbocycles. The van der Waals surface area contributed by atoms with Crippen LogP contribution in [0.2, 0.25) is 0 Å². The molecular formula is C19H24N6O4. The van der Waals surface area contributed by atoms with Gasteiger partial charge in [-0.15, -0.1) is 0 Å². The van der Waals surface area contributed by atoms with Crippen molar-refractivity contribution in [3.63, 3.8) is 0 Å². The Bertz CT molecular complexity index is 921. The maximum Gasteiger partial charge on any atom is 0.321 e. The van der Waals surface area contributed by atoms with Gasteiger partial charge < -0.3 is 20.6 Å². The van der Waals surface area contributed by atoms with Crippen molar-refractivity contribution in [3.05, 3.63) is 23.9 Å². The Morgan fingerprint density at radius 3 is 2.66 bits per heavy atom. The van der Waals surface area contributed by atoms with Gasteiger partial charge in [0.1, 0.15) is 0 Å². The number of urea groups is 1. The summed E-state index contributed by atoms with van der Waals surface area (Å²) in [4.78, 5) is 37.2. The van der Waals surface area contributed by atoms with Gasteiger partial charge in [-0.1, -0.05) is 0 Å². The smallest absolute Gasteiger partial charge is 0.321 e. The van der Waals surface area contributed by atoms with E-state index in [9.17, 15) is 9.59 Å². The number of hydrogen-bond acceptors (Lipinski definition) is 5. The highest BCUT2D eigenvalue weighted by Crippen LogP contribution is 2.28. The average Bonchev–Trinajstić information content (AvgIpc) is 3.35. The molecule has 10 heteroatoms. The minimum atomic E-state index is -0.250. The number of nitrogens with one attached hydrogen (secondary N) is 3. The van der Waals surface area contributed by atoms with Crippen molar-refractivity contribution in [2.24, 2.45) is 5.92 Å². The predicted octanol–water partition coefficient (Wildman–Crippen LogP) is 0.617. The van der Waals surface area contributed by atoms with Crippen LogP contribution >= 0.6 is 0 Å². The number of anilines is 1. The molecule has 2 aromatic rings. The highest BCUT2D eigenvalue weighted by molar-refractivity contribution is 6.06. The zero-order valence-electron chi connectivity index (χ0n) is 15.9. The predicted molar refractivity (Wildman–Crippen MR) is 106 cm³/mol. The topological polar surface area (TPSA) is 131 Å². The van der Waals surface area contributed by atoms with Gasteiger partial charge in [0.25, 0.3) is 12.4 Å². The van der Waals surface area contributed by atoms with Crippen molar-refractivity contribution in [1.29, 1.82) is 0 Å². The molecule has 1 aromatic heterocycles. The maximum absolute atomic E-state index is 12.9. The van der Waals surface area contributed by atoms with E-state index in [0.717, 1.165) is 49.1 Å². The van der Waals surface area contributed by atoms with E-state index in [2.05, 4.69) is 25.7 Å². The number of amides is 3. The lowest BCUT2D eigenvalue weighted by molar-refractivity contribution is -0.122. The summed E-state index contributed by atoms with van der Waals surface area (Å²) in [5.74, 6) is 0.427. The second kappa shape index (κ2) is 8.08. The molecule has 4 aliphatic heterocycles. The highest BCUT2D eigenvalue weighted by atomic mass is 16.3. The minimum Gasteiger partial charge on any atom is -0.483 e. The van der Waals surface area contributed by atoms with Crippen LogP contribution in [-0.2, 0) is 4.79 Å². The SMILES string of the molecule is O=C(N[C@@H]1CN2CCC1CC2)c1n[nH]c2ccc(N3CCNC3=O)cc12.O=CO. The molecule has 0 radical (unpaired) electrons. The fraction of sp³-hybridized carbons (Fsp3) is 0.474. The molecule has 0 unspecified atom stereocenters. The van der Waals surface area contributed by atoms with Gasteiger partial charge in [0, 0.05) is 36.7 Å². The zero-order chi connectivity index (χ0) is 20.4. The van der Waals surface area contributed by atoms with Crippen LogP contribution < -0.4 is 15.5 Å². The lowest BCUT2D eigenvalue weighted by Crippen LogP contribution is -2.57. The fourth-order valence-electron chi connectivity index (χ4n) is 4.43. The lowest BCUT2D eigenvalue weighted by Gasteiger charge is -2.44. The summed E-state index contributed by atoms with van der Waals surface area (Å²) >= 11 is 0. The molecule has 4 N–H and O–H groups in total. The lowest BCUT2D eigenvalue weighted by atomic mass is 9.84. The van der Waals surface area contributed by atoms with E-state index < -0.39 is 0 Å². The number of carbonyl (C=O) groups excluding carboxylic acids is 2. The van der Waals surface area contributed by atoms with E-state index in [1.54, 1.807) is 4.90 Å². The Morgan fingerprint density at radius 1 is 1.28 bits per heavy atom.